The van der Waals surface area contributed by atoms with Crippen molar-refractivity contribution in [2.75, 3.05) is 18.2 Å². The number of carbonyl (C=O) groups is 2. The topological polar surface area (TPSA) is 64.4 Å². The van der Waals surface area contributed by atoms with Gasteiger partial charge < -0.3 is 14.2 Å². The molecule has 3 heterocycles. The number of carbonyl (C=O) groups excluding carboxylic acids is 2. The van der Waals surface area contributed by atoms with Gasteiger partial charge in [-0.25, -0.2) is 9.78 Å². The lowest BCUT2D eigenvalue weighted by Crippen LogP contribution is -2.43. The van der Waals surface area contributed by atoms with Crippen LogP contribution >= 0.6 is 11.8 Å². The van der Waals surface area contributed by atoms with E-state index in [1.165, 1.54) is 16.7 Å². The second-order valence-corrected chi connectivity index (χ2v) is 6.88. The number of rotatable bonds is 3. The molecule has 25 heavy (non-hydrogen) atoms. The molecule has 0 radical (unpaired) electrons. The van der Waals surface area contributed by atoms with Crippen LogP contribution in [0.5, 0.6) is 0 Å². The highest BCUT2D eigenvalue weighted by molar-refractivity contribution is 7.99. The van der Waals surface area contributed by atoms with Crippen LogP contribution in [0.4, 0.5) is 13.2 Å². The fourth-order valence-corrected chi connectivity index (χ4v) is 4.28. The highest BCUT2D eigenvalue weighted by Gasteiger charge is 2.43. The number of thioether (sulfide) groups is 1. The normalized spacial score (nSPS) is 20.5. The summed E-state index contributed by atoms with van der Waals surface area (Å²) in [4.78, 5) is 29.7. The van der Waals surface area contributed by atoms with Gasteiger partial charge in [0, 0.05) is 12.3 Å². The maximum atomic E-state index is 13.2. The SMILES string of the molecule is CCOC(=O)C1CSCN1C(=O)c1nc(C(F)(F)F)n2c1CCCC2. The van der Waals surface area contributed by atoms with Gasteiger partial charge in [0.15, 0.2) is 0 Å². The summed E-state index contributed by atoms with van der Waals surface area (Å²) < 4.78 is 45.8. The zero-order valence-corrected chi connectivity index (χ0v) is 14.5. The number of ether oxygens (including phenoxy) is 1. The number of halogens is 3. The maximum absolute atomic E-state index is 13.2. The van der Waals surface area contributed by atoms with Crippen molar-refractivity contribution in [3.8, 4) is 0 Å². The molecule has 10 heteroatoms. The summed E-state index contributed by atoms with van der Waals surface area (Å²) in [6.45, 7) is 2.04. The molecular weight excluding hydrogens is 359 g/mol. The third-order valence-corrected chi connectivity index (χ3v) is 5.29. The summed E-state index contributed by atoms with van der Waals surface area (Å²) in [5.74, 6) is -1.61. The van der Waals surface area contributed by atoms with E-state index in [1.54, 1.807) is 6.92 Å². The molecule has 0 N–H and O–H groups in total. The van der Waals surface area contributed by atoms with E-state index >= 15 is 0 Å². The summed E-state index contributed by atoms with van der Waals surface area (Å²) in [6, 6.07) is -0.785. The van der Waals surface area contributed by atoms with E-state index in [0.717, 1.165) is 4.57 Å². The van der Waals surface area contributed by atoms with Crippen molar-refractivity contribution in [1.29, 1.82) is 0 Å². The minimum absolute atomic E-state index is 0.181. The van der Waals surface area contributed by atoms with E-state index in [1.807, 2.05) is 0 Å². The summed E-state index contributed by atoms with van der Waals surface area (Å²) in [5.41, 5.74) is 0.118. The number of esters is 1. The molecule has 6 nitrogen and oxygen atoms in total. The van der Waals surface area contributed by atoms with Gasteiger partial charge in [0.1, 0.15) is 11.7 Å². The Hall–Kier alpha value is -1.71. The van der Waals surface area contributed by atoms with Crippen molar-refractivity contribution < 1.29 is 27.5 Å². The van der Waals surface area contributed by atoms with E-state index in [0.29, 0.717) is 30.7 Å². The minimum Gasteiger partial charge on any atom is -0.464 e. The zero-order valence-electron chi connectivity index (χ0n) is 13.6. The van der Waals surface area contributed by atoms with Crippen LogP contribution in [0.25, 0.3) is 0 Å². The van der Waals surface area contributed by atoms with Crippen LogP contribution in [-0.2, 0) is 28.7 Å². The van der Waals surface area contributed by atoms with Crippen LogP contribution in [0.1, 0.15) is 41.8 Å². The van der Waals surface area contributed by atoms with E-state index < -0.39 is 29.9 Å². The maximum Gasteiger partial charge on any atom is 0.449 e. The summed E-state index contributed by atoms with van der Waals surface area (Å²) >= 11 is 1.36. The number of hydrogen-bond acceptors (Lipinski definition) is 5. The Bertz CT molecular complexity index is 690. The fourth-order valence-electron chi connectivity index (χ4n) is 3.14. The quantitative estimate of drug-likeness (QED) is 0.757. The molecule has 1 aromatic heterocycles. The Labute approximate surface area is 146 Å². The average Bonchev–Trinajstić information content (AvgIpc) is 3.19. The molecule has 2 aliphatic heterocycles. The molecule has 0 bridgehead atoms. The summed E-state index contributed by atoms with van der Waals surface area (Å²) in [7, 11) is 0. The fraction of sp³-hybridized carbons (Fsp3) is 0.667. The van der Waals surface area contributed by atoms with E-state index in [4.69, 9.17) is 4.74 Å². The number of hydrogen-bond donors (Lipinski definition) is 0. The Morgan fingerprint density at radius 3 is 2.80 bits per heavy atom. The highest BCUT2D eigenvalue weighted by atomic mass is 32.2. The molecule has 1 aromatic rings. The second-order valence-electron chi connectivity index (χ2n) is 5.88. The smallest absolute Gasteiger partial charge is 0.449 e. The number of aromatic nitrogens is 2. The molecule has 1 unspecified atom stereocenters. The lowest BCUT2D eigenvalue weighted by atomic mass is 10.1. The standard InChI is InChI=1S/C15H18F3N3O3S/c1-2-24-13(23)10-7-25-8-21(10)12(22)11-9-5-3-4-6-20(9)14(19-11)15(16,17)18/h10H,2-8H2,1H3. The van der Waals surface area contributed by atoms with Crippen molar-refractivity contribution in [3.05, 3.63) is 17.2 Å². The van der Waals surface area contributed by atoms with Crippen LogP contribution in [0, 0.1) is 0 Å². The van der Waals surface area contributed by atoms with Gasteiger partial charge in [0.2, 0.25) is 5.82 Å². The number of fused-ring (bicyclic) bond motifs is 1. The lowest BCUT2D eigenvalue weighted by molar-refractivity contribution is -0.148. The third-order valence-electron chi connectivity index (χ3n) is 4.28. The van der Waals surface area contributed by atoms with Gasteiger partial charge in [-0.05, 0) is 26.2 Å². The van der Waals surface area contributed by atoms with Crippen LogP contribution in [0.2, 0.25) is 0 Å². The van der Waals surface area contributed by atoms with E-state index in [2.05, 4.69) is 4.98 Å². The highest BCUT2D eigenvalue weighted by Crippen LogP contribution is 2.34. The first-order chi connectivity index (χ1) is 11.8. The number of imidazole rings is 1. The average molecular weight is 377 g/mol. The largest absolute Gasteiger partial charge is 0.464 e. The number of amides is 1. The summed E-state index contributed by atoms with van der Waals surface area (Å²) in [6.07, 6.45) is -2.93. The molecule has 0 aromatic carbocycles. The molecule has 2 aliphatic rings. The van der Waals surface area contributed by atoms with Crippen molar-refractivity contribution in [3.63, 3.8) is 0 Å². The number of nitrogens with zero attached hydrogens (tertiary/aromatic N) is 3. The molecule has 1 saturated heterocycles. The van der Waals surface area contributed by atoms with Crippen LogP contribution < -0.4 is 0 Å². The van der Waals surface area contributed by atoms with Gasteiger partial charge in [-0.2, -0.15) is 13.2 Å². The van der Waals surface area contributed by atoms with E-state index in [-0.39, 0.29) is 24.7 Å². The first-order valence-electron chi connectivity index (χ1n) is 8.06. The molecule has 0 aliphatic carbocycles. The van der Waals surface area contributed by atoms with Crippen molar-refractivity contribution in [2.45, 2.75) is 44.9 Å². The molecular formula is C15H18F3N3O3S. The van der Waals surface area contributed by atoms with Gasteiger partial charge in [0.05, 0.1) is 18.2 Å². The predicted molar refractivity (Wildman–Crippen MR) is 84.1 cm³/mol. The van der Waals surface area contributed by atoms with Crippen molar-refractivity contribution >= 4 is 23.6 Å². The summed E-state index contributed by atoms with van der Waals surface area (Å²) in [5, 5.41) is 0. The van der Waals surface area contributed by atoms with Crippen LogP contribution in [0.3, 0.4) is 0 Å². The Morgan fingerprint density at radius 1 is 1.36 bits per heavy atom. The van der Waals surface area contributed by atoms with Gasteiger partial charge in [0.25, 0.3) is 5.91 Å². The Morgan fingerprint density at radius 2 is 2.12 bits per heavy atom. The first-order valence-corrected chi connectivity index (χ1v) is 9.22. The van der Waals surface area contributed by atoms with Gasteiger partial charge in [-0.1, -0.05) is 0 Å². The van der Waals surface area contributed by atoms with E-state index in [9.17, 15) is 22.8 Å². The van der Waals surface area contributed by atoms with Crippen LogP contribution in [-0.4, -0.2) is 50.6 Å². The zero-order chi connectivity index (χ0) is 18.2. The van der Waals surface area contributed by atoms with Crippen molar-refractivity contribution in [2.24, 2.45) is 0 Å². The van der Waals surface area contributed by atoms with Crippen LogP contribution in [0.15, 0.2) is 0 Å². The van der Waals surface area contributed by atoms with Crippen molar-refractivity contribution in [1.82, 2.24) is 14.5 Å². The second kappa shape index (κ2) is 6.89. The predicted octanol–water partition coefficient (Wildman–Crippen LogP) is 2.32. The molecule has 0 spiro atoms. The minimum atomic E-state index is -4.62. The van der Waals surface area contributed by atoms with Gasteiger partial charge in [-0.3, -0.25) is 4.79 Å². The molecule has 1 amide bonds. The number of alkyl halides is 3. The molecule has 1 atom stereocenters. The lowest BCUT2D eigenvalue weighted by Gasteiger charge is -2.22. The molecule has 138 valence electrons. The monoisotopic (exact) mass is 377 g/mol. The van der Waals surface area contributed by atoms with Gasteiger partial charge in [-0.15, -0.1) is 11.8 Å². The Kier molecular flexibility index (Phi) is 4.99. The first kappa shape index (κ1) is 18.1. The molecule has 3 rings (SSSR count). The van der Waals surface area contributed by atoms with Gasteiger partial charge >= 0.3 is 12.1 Å². The molecule has 1 fully saturated rings. The molecule has 0 saturated carbocycles. The third kappa shape index (κ3) is 3.36. The Balaban J connectivity index is 1.94.